The van der Waals surface area contributed by atoms with E-state index in [2.05, 4.69) is 16.0 Å². The van der Waals surface area contributed by atoms with Crippen LogP contribution in [0.25, 0.3) is 0 Å². The van der Waals surface area contributed by atoms with Gasteiger partial charge in [-0.2, -0.15) is 0 Å². The molecule has 0 radical (unpaired) electrons. The summed E-state index contributed by atoms with van der Waals surface area (Å²) in [7, 11) is 0. The van der Waals surface area contributed by atoms with Gasteiger partial charge in [0.1, 0.15) is 11.9 Å². The highest BCUT2D eigenvalue weighted by molar-refractivity contribution is 5.94. The first-order valence-electron chi connectivity index (χ1n) is 10.6. The Hall–Kier alpha value is -2.44. The van der Waals surface area contributed by atoms with E-state index in [-0.39, 0.29) is 12.0 Å². The van der Waals surface area contributed by atoms with Crippen LogP contribution >= 0.6 is 0 Å². The van der Waals surface area contributed by atoms with Gasteiger partial charge < -0.3 is 15.4 Å². The lowest BCUT2D eigenvalue weighted by molar-refractivity contribution is 0.0787. The van der Waals surface area contributed by atoms with Gasteiger partial charge >= 0.3 is 0 Å². The van der Waals surface area contributed by atoms with E-state index in [1.54, 1.807) is 0 Å². The molecule has 0 spiro atoms. The van der Waals surface area contributed by atoms with Crippen LogP contribution in [0.4, 0.5) is 0 Å². The summed E-state index contributed by atoms with van der Waals surface area (Å²) in [5.74, 6) is 1.37. The van der Waals surface area contributed by atoms with Crippen LogP contribution in [0.15, 0.2) is 48.7 Å². The van der Waals surface area contributed by atoms with Gasteiger partial charge in [0, 0.05) is 44.5 Å². The predicted octanol–water partition coefficient (Wildman–Crippen LogP) is 2.55. The highest BCUT2D eigenvalue weighted by Gasteiger charge is 2.26. The number of ether oxygens (including phenoxy) is 1. The molecule has 0 unspecified atom stereocenters. The van der Waals surface area contributed by atoms with Gasteiger partial charge in [0.2, 0.25) is 0 Å². The van der Waals surface area contributed by atoms with Crippen molar-refractivity contribution < 1.29 is 9.53 Å². The maximum atomic E-state index is 12.6. The van der Waals surface area contributed by atoms with E-state index >= 15 is 0 Å². The van der Waals surface area contributed by atoms with Gasteiger partial charge in [-0.05, 0) is 68.1 Å². The minimum absolute atomic E-state index is 0.0929. The standard InChI is InChI=1S/C23H30N4O2/c24-15-18-8-14-27(16-18)23(28)19-4-6-21(7-5-19)29-22-9-12-26(13-10-22)17-20-3-1-2-11-25-20/h1-7,11,18,22H,8-10,12-17,24H2/t18-/m1/s1. The number of carbonyl (C=O) groups is 1. The first kappa shape index (κ1) is 19.9. The van der Waals surface area contributed by atoms with Crippen molar-refractivity contribution in [2.75, 3.05) is 32.7 Å². The van der Waals surface area contributed by atoms with Crippen molar-refractivity contribution in [2.45, 2.75) is 31.9 Å². The number of likely N-dealkylation sites (tertiary alicyclic amines) is 2. The summed E-state index contributed by atoms with van der Waals surface area (Å²) < 4.78 is 6.16. The van der Waals surface area contributed by atoms with Gasteiger partial charge in [-0.25, -0.2) is 0 Å². The Bertz CT molecular complexity index is 788. The minimum Gasteiger partial charge on any atom is -0.490 e. The van der Waals surface area contributed by atoms with Crippen LogP contribution in [-0.4, -0.2) is 59.5 Å². The number of piperidine rings is 1. The molecule has 2 aromatic rings. The van der Waals surface area contributed by atoms with Gasteiger partial charge in [0.05, 0.1) is 5.69 Å². The largest absolute Gasteiger partial charge is 0.490 e. The van der Waals surface area contributed by atoms with Crippen LogP contribution < -0.4 is 10.5 Å². The molecule has 2 fully saturated rings. The number of carbonyl (C=O) groups excluding carboxylic acids is 1. The molecular weight excluding hydrogens is 364 g/mol. The van der Waals surface area contributed by atoms with Crippen molar-refractivity contribution in [2.24, 2.45) is 11.7 Å². The van der Waals surface area contributed by atoms with E-state index in [0.29, 0.717) is 12.5 Å². The number of amides is 1. The molecule has 0 aliphatic carbocycles. The minimum atomic E-state index is 0.0929. The van der Waals surface area contributed by atoms with E-state index in [4.69, 9.17) is 10.5 Å². The van der Waals surface area contributed by atoms with Crippen LogP contribution in [0, 0.1) is 5.92 Å². The molecule has 3 heterocycles. The van der Waals surface area contributed by atoms with Crippen molar-refractivity contribution in [3.8, 4) is 5.75 Å². The zero-order valence-electron chi connectivity index (χ0n) is 16.9. The third kappa shape index (κ3) is 5.14. The fourth-order valence-electron chi connectivity index (χ4n) is 4.17. The first-order chi connectivity index (χ1) is 14.2. The fraction of sp³-hybridized carbons (Fsp3) is 0.478. The van der Waals surface area contributed by atoms with Crippen molar-refractivity contribution in [3.05, 3.63) is 59.9 Å². The van der Waals surface area contributed by atoms with E-state index in [9.17, 15) is 4.79 Å². The third-order valence-corrected chi connectivity index (χ3v) is 5.96. The average Bonchev–Trinajstić information content (AvgIpc) is 3.25. The number of hydrogen-bond donors (Lipinski definition) is 1. The summed E-state index contributed by atoms with van der Waals surface area (Å²) in [5.41, 5.74) is 7.57. The Labute approximate surface area is 172 Å². The summed E-state index contributed by atoms with van der Waals surface area (Å²) in [5, 5.41) is 0. The van der Waals surface area contributed by atoms with Crippen LogP contribution in [0.1, 0.15) is 35.3 Å². The summed E-state index contributed by atoms with van der Waals surface area (Å²) in [4.78, 5) is 21.4. The summed E-state index contributed by atoms with van der Waals surface area (Å²) in [6.45, 7) is 5.13. The van der Waals surface area contributed by atoms with Crippen LogP contribution in [-0.2, 0) is 6.54 Å². The molecule has 2 aliphatic heterocycles. The lowest BCUT2D eigenvalue weighted by Crippen LogP contribution is -2.38. The Morgan fingerprint density at radius 3 is 2.52 bits per heavy atom. The molecule has 2 aliphatic rings. The molecule has 6 heteroatoms. The summed E-state index contributed by atoms with van der Waals surface area (Å²) in [6, 6.07) is 13.7. The maximum absolute atomic E-state index is 12.6. The summed E-state index contributed by atoms with van der Waals surface area (Å²) >= 11 is 0. The van der Waals surface area contributed by atoms with E-state index in [1.165, 1.54) is 0 Å². The van der Waals surface area contributed by atoms with Gasteiger partial charge in [-0.3, -0.25) is 14.7 Å². The number of hydrogen-bond acceptors (Lipinski definition) is 5. The van der Waals surface area contributed by atoms with Crippen molar-refractivity contribution in [1.29, 1.82) is 0 Å². The second-order valence-electron chi connectivity index (χ2n) is 8.08. The molecule has 0 saturated carbocycles. The lowest BCUT2D eigenvalue weighted by atomic mass is 10.1. The fourth-order valence-corrected chi connectivity index (χ4v) is 4.17. The molecule has 1 aromatic carbocycles. The second kappa shape index (κ2) is 9.37. The molecule has 2 N–H and O–H groups in total. The zero-order valence-corrected chi connectivity index (χ0v) is 16.9. The third-order valence-electron chi connectivity index (χ3n) is 5.96. The van der Waals surface area contributed by atoms with Gasteiger partial charge in [0.15, 0.2) is 0 Å². The number of aromatic nitrogens is 1. The number of nitrogens with two attached hydrogens (primary N) is 1. The normalized spacial score (nSPS) is 20.7. The summed E-state index contributed by atoms with van der Waals surface area (Å²) in [6.07, 6.45) is 5.08. The average molecular weight is 395 g/mol. The van der Waals surface area contributed by atoms with Crippen LogP contribution in [0.3, 0.4) is 0 Å². The molecule has 1 atom stereocenters. The molecular formula is C23H30N4O2. The quantitative estimate of drug-likeness (QED) is 0.815. The Kier molecular flexibility index (Phi) is 6.42. The van der Waals surface area contributed by atoms with Crippen LogP contribution in [0.2, 0.25) is 0 Å². The monoisotopic (exact) mass is 394 g/mol. The van der Waals surface area contributed by atoms with E-state index in [1.807, 2.05) is 47.5 Å². The Morgan fingerprint density at radius 1 is 1.07 bits per heavy atom. The maximum Gasteiger partial charge on any atom is 0.253 e. The Balaban J connectivity index is 1.25. The molecule has 29 heavy (non-hydrogen) atoms. The highest BCUT2D eigenvalue weighted by atomic mass is 16.5. The molecule has 4 rings (SSSR count). The highest BCUT2D eigenvalue weighted by Crippen LogP contribution is 2.22. The van der Waals surface area contributed by atoms with Gasteiger partial charge in [-0.15, -0.1) is 0 Å². The van der Waals surface area contributed by atoms with Crippen molar-refractivity contribution >= 4 is 5.91 Å². The SMILES string of the molecule is NC[C@H]1CCN(C(=O)c2ccc(OC3CCN(Cc4ccccn4)CC3)cc2)C1. The zero-order chi connectivity index (χ0) is 20.1. The second-order valence-corrected chi connectivity index (χ2v) is 8.08. The molecule has 154 valence electrons. The van der Waals surface area contributed by atoms with E-state index in [0.717, 1.165) is 69.0 Å². The number of rotatable bonds is 6. The van der Waals surface area contributed by atoms with Crippen molar-refractivity contribution in [1.82, 2.24) is 14.8 Å². The predicted molar refractivity (Wildman–Crippen MR) is 113 cm³/mol. The molecule has 2 saturated heterocycles. The molecule has 1 aromatic heterocycles. The number of benzene rings is 1. The smallest absolute Gasteiger partial charge is 0.253 e. The van der Waals surface area contributed by atoms with Crippen molar-refractivity contribution in [3.63, 3.8) is 0 Å². The number of nitrogens with zero attached hydrogens (tertiary/aromatic N) is 3. The lowest BCUT2D eigenvalue weighted by Gasteiger charge is -2.31. The first-order valence-corrected chi connectivity index (χ1v) is 10.6. The number of pyridine rings is 1. The van der Waals surface area contributed by atoms with Gasteiger partial charge in [0.25, 0.3) is 5.91 Å². The molecule has 0 bridgehead atoms. The topological polar surface area (TPSA) is 71.7 Å². The Morgan fingerprint density at radius 2 is 1.86 bits per heavy atom. The molecule has 6 nitrogen and oxygen atoms in total. The van der Waals surface area contributed by atoms with E-state index < -0.39 is 0 Å². The van der Waals surface area contributed by atoms with Gasteiger partial charge in [-0.1, -0.05) is 6.07 Å². The molecule has 1 amide bonds. The van der Waals surface area contributed by atoms with Crippen LogP contribution in [0.5, 0.6) is 5.75 Å².